The summed E-state index contributed by atoms with van der Waals surface area (Å²) in [4.78, 5) is 21.4. The Balaban J connectivity index is 1.52. The Morgan fingerprint density at radius 2 is 2.29 bits per heavy atom. The van der Waals surface area contributed by atoms with Crippen molar-refractivity contribution in [1.82, 2.24) is 19.4 Å². The predicted molar refractivity (Wildman–Crippen MR) is 89.5 cm³/mol. The van der Waals surface area contributed by atoms with Gasteiger partial charge in [-0.1, -0.05) is 0 Å². The van der Waals surface area contributed by atoms with Crippen LogP contribution in [0.4, 0.5) is 0 Å². The molecule has 0 radical (unpaired) electrons. The second kappa shape index (κ2) is 8.60. The van der Waals surface area contributed by atoms with E-state index in [1.807, 2.05) is 17.3 Å². The maximum absolute atomic E-state index is 12.5. The van der Waals surface area contributed by atoms with Crippen molar-refractivity contribution in [3.8, 4) is 0 Å². The van der Waals surface area contributed by atoms with Crippen molar-refractivity contribution < 1.29 is 14.3 Å². The third kappa shape index (κ3) is 4.34. The average molecular weight is 336 g/mol. The molecule has 2 fully saturated rings. The first-order valence-corrected chi connectivity index (χ1v) is 8.86. The van der Waals surface area contributed by atoms with E-state index in [4.69, 9.17) is 9.47 Å². The van der Waals surface area contributed by atoms with Gasteiger partial charge in [0.25, 0.3) is 0 Å². The molecule has 1 aromatic rings. The van der Waals surface area contributed by atoms with Crippen molar-refractivity contribution in [3.63, 3.8) is 0 Å². The number of nitrogens with zero attached hydrogens (tertiary/aromatic N) is 4. The molecule has 1 aromatic heterocycles. The molecule has 7 nitrogen and oxygen atoms in total. The molecule has 134 valence electrons. The molecule has 24 heavy (non-hydrogen) atoms. The first-order chi connectivity index (χ1) is 11.8. The Labute approximate surface area is 143 Å². The number of hydrogen-bond acceptors (Lipinski definition) is 5. The van der Waals surface area contributed by atoms with E-state index in [0.29, 0.717) is 13.2 Å². The smallest absolute Gasteiger partial charge is 0.228 e. The number of imidazole rings is 1. The standard InChI is InChI=1S/C17H28N4O3/c1-23-12-10-20-7-4-18-16(20)13-19-5-2-6-21(9-8-19)17(22)15-3-11-24-14-15/h4,7,15H,2-3,5-6,8-14H2,1H3. The quantitative estimate of drug-likeness (QED) is 0.761. The van der Waals surface area contributed by atoms with Crippen LogP contribution >= 0.6 is 0 Å². The normalized spacial score (nSPS) is 22.7. The molecule has 0 spiro atoms. The lowest BCUT2D eigenvalue weighted by Gasteiger charge is -2.24. The fourth-order valence-corrected chi connectivity index (χ4v) is 3.42. The Morgan fingerprint density at radius 3 is 3.08 bits per heavy atom. The minimum absolute atomic E-state index is 0.0736. The third-order valence-corrected chi connectivity index (χ3v) is 4.88. The fourth-order valence-electron chi connectivity index (χ4n) is 3.42. The Hall–Kier alpha value is -1.44. The van der Waals surface area contributed by atoms with Gasteiger partial charge in [0.05, 0.1) is 25.7 Å². The van der Waals surface area contributed by atoms with Gasteiger partial charge in [-0.2, -0.15) is 0 Å². The molecule has 2 aliphatic rings. The van der Waals surface area contributed by atoms with Crippen LogP contribution in [0.2, 0.25) is 0 Å². The molecule has 0 N–H and O–H groups in total. The number of carbonyl (C=O) groups excluding carboxylic acids is 1. The van der Waals surface area contributed by atoms with Crippen molar-refractivity contribution in [2.75, 3.05) is 53.1 Å². The van der Waals surface area contributed by atoms with Crippen LogP contribution in [0, 0.1) is 5.92 Å². The summed E-state index contributed by atoms with van der Waals surface area (Å²) in [5.41, 5.74) is 0. The number of rotatable bonds is 6. The highest BCUT2D eigenvalue weighted by molar-refractivity contribution is 5.79. The maximum Gasteiger partial charge on any atom is 0.228 e. The number of methoxy groups -OCH3 is 1. The minimum Gasteiger partial charge on any atom is -0.383 e. The number of carbonyl (C=O) groups is 1. The highest BCUT2D eigenvalue weighted by atomic mass is 16.5. The molecule has 0 aromatic carbocycles. The van der Waals surface area contributed by atoms with Crippen LogP contribution < -0.4 is 0 Å². The van der Waals surface area contributed by atoms with Crippen molar-refractivity contribution in [1.29, 1.82) is 0 Å². The van der Waals surface area contributed by atoms with E-state index in [9.17, 15) is 4.79 Å². The molecule has 3 heterocycles. The van der Waals surface area contributed by atoms with E-state index >= 15 is 0 Å². The van der Waals surface area contributed by atoms with Crippen LogP contribution in [-0.4, -0.2) is 78.4 Å². The molecule has 1 unspecified atom stereocenters. The maximum atomic E-state index is 12.5. The monoisotopic (exact) mass is 336 g/mol. The number of hydrogen-bond donors (Lipinski definition) is 0. The summed E-state index contributed by atoms with van der Waals surface area (Å²) in [6, 6.07) is 0. The van der Waals surface area contributed by atoms with Crippen molar-refractivity contribution in [2.45, 2.75) is 25.9 Å². The largest absolute Gasteiger partial charge is 0.383 e. The van der Waals surface area contributed by atoms with Gasteiger partial charge >= 0.3 is 0 Å². The molecule has 0 aliphatic carbocycles. The van der Waals surface area contributed by atoms with Gasteiger partial charge in [0.15, 0.2) is 0 Å². The molecular weight excluding hydrogens is 308 g/mol. The van der Waals surface area contributed by atoms with Gasteiger partial charge in [-0.05, 0) is 12.8 Å². The van der Waals surface area contributed by atoms with E-state index in [1.165, 1.54) is 0 Å². The van der Waals surface area contributed by atoms with E-state index < -0.39 is 0 Å². The summed E-state index contributed by atoms with van der Waals surface area (Å²) in [5.74, 6) is 1.41. The zero-order chi connectivity index (χ0) is 16.8. The van der Waals surface area contributed by atoms with Crippen molar-refractivity contribution >= 4 is 5.91 Å². The van der Waals surface area contributed by atoms with E-state index in [0.717, 1.165) is 64.5 Å². The molecule has 2 saturated heterocycles. The second-order valence-electron chi connectivity index (χ2n) is 6.55. The summed E-state index contributed by atoms with van der Waals surface area (Å²) in [6.07, 6.45) is 5.73. The second-order valence-corrected chi connectivity index (χ2v) is 6.55. The van der Waals surface area contributed by atoms with Crippen LogP contribution in [0.15, 0.2) is 12.4 Å². The Bertz CT molecular complexity index is 528. The summed E-state index contributed by atoms with van der Waals surface area (Å²) in [6.45, 7) is 7.21. The predicted octanol–water partition coefficient (Wildman–Crippen LogP) is 0.600. The first kappa shape index (κ1) is 17.4. The van der Waals surface area contributed by atoms with Crippen LogP contribution in [0.3, 0.4) is 0 Å². The highest BCUT2D eigenvalue weighted by Crippen LogP contribution is 2.17. The van der Waals surface area contributed by atoms with Crippen LogP contribution in [0.5, 0.6) is 0 Å². The lowest BCUT2D eigenvalue weighted by atomic mass is 10.1. The van der Waals surface area contributed by atoms with Crippen LogP contribution in [0.25, 0.3) is 0 Å². The van der Waals surface area contributed by atoms with Crippen LogP contribution in [0.1, 0.15) is 18.7 Å². The molecular formula is C17H28N4O3. The molecule has 7 heteroatoms. The number of aromatic nitrogens is 2. The lowest BCUT2D eigenvalue weighted by Crippen LogP contribution is -2.39. The van der Waals surface area contributed by atoms with Gasteiger partial charge in [-0.3, -0.25) is 9.69 Å². The fraction of sp³-hybridized carbons (Fsp3) is 0.765. The van der Waals surface area contributed by atoms with Crippen molar-refractivity contribution in [3.05, 3.63) is 18.2 Å². The van der Waals surface area contributed by atoms with Gasteiger partial charge in [0.1, 0.15) is 5.82 Å². The third-order valence-electron chi connectivity index (χ3n) is 4.88. The molecule has 3 rings (SSSR count). The average Bonchev–Trinajstić information content (AvgIpc) is 3.21. The minimum atomic E-state index is 0.0736. The lowest BCUT2D eigenvalue weighted by molar-refractivity contribution is -0.135. The zero-order valence-electron chi connectivity index (χ0n) is 14.5. The van der Waals surface area contributed by atoms with Gasteiger partial charge in [-0.15, -0.1) is 0 Å². The molecule has 1 atom stereocenters. The summed E-state index contributed by atoms with van der Waals surface area (Å²) < 4.78 is 12.7. The first-order valence-electron chi connectivity index (χ1n) is 8.86. The Kier molecular flexibility index (Phi) is 6.23. The van der Waals surface area contributed by atoms with Gasteiger partial charge in [0, 0.05) is 58.8 Å². The summed E-state index contributed by atoms with van der Waals surface area (Å²) >= 11 is 0. The SMILES string of the molecule is COCCn1ccnc1CN1CCCN(C(=O)C2CCOC2)CC1. The number of ether oxygens (including phenoxy) is 2. The Morgan fingerprint density at radius 1 is 1.38 bits per heavy atom. The van der Waals surface area contributed by atoms with Crippen LogP contribution in [-0.2, 0) is 27.4 Å². The van der Waals surface area contributed by atoms with Gasteiger partial charge in [0.2, 0.25) is 5.91 Å². The molecule has 0 bridgehead atoms. The van der Waals surface area contributed by atoms with Gasteiger partial charge in [-0.25, -0.2) is 4.98 Å². The number of amides is 1. The molecule has 0 saturated carbocycles. The molecule has 2 aliphatic heterocycles. The molecule has 1 amide bonds. The summed E-state index contributed by atoms with van der Waals surface area (Å²) in [5, 5.41) is 0. The topological polar surface area (TPSA) is 59.8 Å². The van der Waals surface area contributed by atoms with E-state index in [-0.39, 0.29) is 11.8 Å². The van der Waals surface area contributed by atoms with E-state index in [1.54, 1.807) is 7.11 Å². The zero-order valence-corrected chi connectivity index (χ0v) is 14.5. The van der Waals surface area contributed by atoms with E-state index in [2.05, 4.69) is 14.5 Å². The summed E-state index contributed by atoms with van der Waals surface area (Å²) in [7, 11) is 1.71. The van der Waals surface area contributed by atoms with Crippen molar-refractivity contribution in [2.24, 2.45) is 5.92 Å². The highest BCUT2D eigenvalue weighted by Gasteiger charge is 2.29. The van der Waals surface area contributed by atoms with Gasteiger partial charge < -0.3 is 18.9 Å².